The molecule has 0 radical (unpaired) electrons. The van der Waals surface area contributed by atoms with Gasteiger partial charge in [0.15, 0.2) is 0 Å². The molecule has 27 heavy (non-hydrogen) atoms. The maximum atomic E-state index is 13.0. The van der Waals surface area contributed by atoms with Gasteiger partial charge in [-0.1, -0.05) is 44.2 Å². The number of hydrogen-bond acceptors (Lipinski definition) is 3. The summed E-state index contributed by atoms with van der Waals surface area (Å²) in [6.07, 6.45) is 0. The Morgan fingerprint density at radius 2 is 1.70 bits per heavy atom. The number of hydrogen-bond donors (Lipinski definition) is 2. The number of amides is 1. The first-order chi connectivity index (χ1) is 13.0. The van der Waals surface area contributed by atoms with Crippen molar-refractivity contribution in [1.29, 1.82) is 0 Å². The van der Waals surface area contributed by atoms with Crippen LogP contribution in [0.15, 0.2) is 54.6 Å². The zero-order valence-corrected chi connectivity index (χ0v) is 15.7. The smallest absolute Gasteiger partial charge is 0.253 e. The molecule has 0 fully saturated rings. The third-order valence-corrected chi connectivity index (χ3v) is 4.81. The first-order valence-electron chi connectivity index (χ1n) is 9.15. The molecular formula is C22H22N4O. The topological polar surface area (TPSA) is 70.7 Å². The molecule has 2 N–H and O–H groups in total. The molecule has 4 aromatic rings. The summed E-state index contributed by atoms with van der Waals surface area (Å²) in [4.78, 5) is 25.6. The molecule has 1 amide bonds. The number of nitrogens with one attached hydrogen (secondary N) is 2. The van der Waals surface area contributed by atoms with E-state index in [0.29, 0.717) is 5.56 Å². The SMILES string of the molecule is Cc1nc2ccccc2cc1C(=O)N[C@H](c1nc2ccccc2[nH]1)C(C)C. The van der Waals surface area contributed by atoms with Gasteiger partial charge in [0, 0.05) is 5.39 Å². The lowest BCUT2D eigenvalue weighted by atomic mass is 10.0. The monoisotopic (exact) mass is 358 g/mol. The summed E-state index contributed by atoms with van der Waals surface area (Å²) < 4.78 is 0. The van der Waals surface area contributed by atoms with Gasteiger partial charge in [-0.15, -0.1) is 0 Å². The molecular weight excluding hydrogens is 336 g/mol. The standard InChI is InChI=1S/C22H22N4O/c1-13(2)20(21-24-18-10-6-7-11-19(18)25-21)26-22(27)16-12-15-8-4-5-9-17(15)23-14(16)3/h4-13,20H,1-3H3,(H,24,25)(H,26,27)/t20-/m0/s1. The number of imidazole rings is 1. The van der Waals surface area contributed by atoms with Gasteiger partial charge in [-0.05, 0) is 37.1 Å². The Labute approximate surface area is 157 Å². The number of aromatic nitrogens is 3. The average Bonchev–Trinajstić information content (AvgIpc) is 3.08. The molecule has 2 aromatic heterocycles. The molecule has 0 spiro atoms. The van der Waals surface area contributed by atoms with Crippen LogP contribution in [-0.2, 0) is 0 Å². The second kappa shape index (κ2) is 6.83. The highest BCUT2D eigenvalue weighted by Gasteiger charge is 2.23. The summed E-state index contributed by atoms with van der Waals surface area (Å²) in [6.45, 7) is 6.01. The van der Waals surface area contributed by atoms with Crippen LogP contribution in [0, 0.1) is 12.8 Å². The van der Waals surface area contributed by atoms with Crippen molar-refractivity contribution in [2.75, 3.05) is 0 Å². The van der Waals surface area contributed by atoms with E-state index in [1.807, 2.05) is 61.5 Å². The van der Waals surface area contributed by atoms with Crippen LogP contribution in [-0.4, -0.2) is 20.9 Å². The van der Waals surface area contributed by atoms with Crippen molar-refractivity contribution in [3.63, 3.8) is 0 Å². The second-order valence-electron chi connectivity index (χ2n) is 7.15. The fraction of sp³-hybridized carbons (Fsp3) is 0.227. The highest BCUT2D eigenvalue weighted by atomic mass is 16.1. The van der Waals surface area contributed by atoms with Crippen LogP contribution in [0.1, 0.15) is 41.8 Å². The Bertz CT molecular complexity index is 1100. The van der Waals surface area contributed by atoms with Crippen LogP contribution in [0.5, 0.6) is 0 Å². The normalized spacial score (nSPS) is 12.6. The fourth-order valence-electron chi connectivity index (χ4n) is 3.33. The molecule has 0 aliphatic heterocycles. The first-order valence-corrected chi connectivity index (χ1v) is 9.15. The molecule has 5 nitrogen and oxygen atoms in total. The van der Waals surface area contributed by atoms with Crippen molar-refractivity contribution in [2.24, 2.45) is 5.92 Å². The quantitative estimate of drug-likeness (QED) is 0.562. The van der Waals surface area contributed by atoms with Crippen molar-refractivity contribution in [3.05, 3.63) is 71.7 Å². The summed E-state index contributed by atoms with van der Waals surface area (Å²) >= 11 is 0. The predicted molar refractivity (Wildman–Crippen MR) is 108 cm³/mol. The van der Waals surface area contributed by atoms with Crippen LogP contribution < -0.4 is 5.32 Å². The van der Waals surface area contributed by atoms with Crippen molar-refractivity contribution in [1.82, 2.24) is 20.3 Å². The van der Waals surface area contributed by atoms with Crippen LogP contribution in [0.2, 0.25) is 0 Å². The van der Waals surface area contributed by atoms with Gasteiger partial charge in [-0.3, -0.25) is 9.78 Å². The molecule has 136 valence electrons. The van der Waals surface area contributed by atoms with E-state index in [4.69, 9.17) is 0 Å². The highest BCUT2D eigenvalue weighted by molar-refractivity contribution is 5.98. The molecule has 4 rings (SSSR count). The predicted octanol–water partition coefficient (Wildman–Crippen LogP) is 4.55. The second-order valence-corrected chi connectivity index (χ2v) is 7.15. The minimum absolute atomic E-state index is 0.134. The van der Waals surface area contributed by atoms with Gasteiger partial charge in [-0.2, -0.15) is 0 Å². The van der Waals surface area contributed by atoms with E-state index in [-0.39, 0.29) is 17.9 Å². The lowest BCUT2D eigenvalue weighted by Crippen LogP contribution is -2.33. The molecule has 0 aliphatic carbocycles. The number of H-pyrrole nitrogens is 1. The van der Waals surface area contributed by atoms with E-state index in [1.54, 1.807) is 0 Å². The number of benzene rings is 2. The number of aromatic amines is 1. The number of pyridine rings is 1. The molecule has 0 unspecified atom stereocenters. The lowest BCUT2D eigenvalue weighted by molar-refractivity contribution is 0.0922. The third-order valence-electron chi connectivity index (χ3n) is 4.81. The largest absolute Gasteiger partial charge is 0.342 e. The average molecular weight is 358 g/mol. The number of rotatable bonds is 4. The number of fused-ring (bicyclic) bond motifs is 2. The van der Waals surface area contributed by atoms with Crippen molar-refractivity contribution < 1.29 is 4.79 Å². The van der Waals surface area contributed by atoms with E-state index in [0.717, 1.165) is 33.5 Å². The van der Waals surface area contributed by atoms with Crippen molar-refractivity contribution >= 4 is 27.8 Å². The molecule has 2 aromatic carbocycles. The number of aryl methyl sites for hydroxylation is 1. The van der Waals surface area contributed by atoms with E-state index in [1.165, 1.54) is 0 Å². The summed E-state index contributed by atoms with van der Waals surface area (Å²) in [6, 6.07) is 17.4. The highest BCUT2D eigenvalue weighted by Crippen LogP contribution is 2.24. The molecule has 0 bridgehead atoms. The molecule has 0 saturated heterocycles. The number of nitrogens with zero attached hydrogens (tertiary/aromatic N) is 2. The maximum absolute atomic E-state index is 13.0. The van der Waals surface area contributed by atoms with Gasteiger partial charge in [0.1, 0.15) is 5.82 Å². The van der Waals surface area contributed by atoms with Gasteiger partial charge < -0.3 is 10.3 Å². The Morgan fingerprint density at radius 1 is 1.00 bits per heavy atom. The van der Waals surface area contributed by atoms with Gasteiger partial charge in [-0.25, -0.2) is 4.98 Å². The van der Waals surface area contributed by atoms with Gasteiger partial charge in [0.05, 0.1) is 33.8 Å². The van der Waals surface area contributed by atoms with Gasteiger partial charge in [0.25, 0.3) is 5.91 Å². The van der Waals surface area contributed by atoms with E-state index >= 15 is 0 Å². The van der Waals surface area contributed by atoms with Crippen LogP contribution in [0.4, 0.5) is 0 Å². The van der Waals surface area contributed by atoms with Crippen molar-refractivity contribution in [3.8, 4) is 0 Å². The zero-order valence-electron chi connectivity index (χ0n) is 15.7. The first kappa shape index (κ1) is 17.2. The lowest BCUT2D eigenvalue weighted by Gasteiger charge is -2.21. The Kier molecular flexibility index (Phi) is 4.36. The molecule has 0 aliphatic rings. The Hall–Kier alpha value is -3.21. The Balaban J connectivity index is 1.67. The van der Waals surface area contributed by atoms with E-state index in [2.05, 4.69) is 34.1 Å². The number of carbonyl (C=O) groups excluding carboxylic acids is 1. The number of para-hydroxylation sites is 3. The summed E-state index contributed by atoms with van der Waals surface area (Å²) in [7, 11) is 0. The van der Waals surface area contributed by atoms with Crippen LogP contribution >= 0.6 is 0 Å². The van der Waals surface area contributed by atoms with Crippen LogP contribution in [0.25, 0.3) is 21.9 Å². The molecule has 1 atom stereocenters. The van der Waals surface area contributed by atoms with E-state index < -0.39 is 0 Å². The van der Waals surface area contributed by atoms with E-state index in [9.17, 15) is 4.79 Å². The van der Waals surface area contributed by atoms with Crippen molar-refractivity contribution in [2.45, 2.75) is 26.8 Å². The summed E-state index contributed by atoms with van der Waals surface area (Å²) in [5.41, 5.74) is 4.07. The Morgan fingerprint density at radius 3 is 2.44 bits per heavy atom. The molecule has 5 heteroatoms. The zero-order chi connectivity index (χ0) is 19.0. The van der Waals surface area contributed by atoms with Crippen LogP contribution in [0.3, 0.4) is 0 Å². The minimum Gasteiger partial charge on any atom is -0.342 e. The van der Waals surface area contributed by atoms with Gasteiger partial charge >= 0.3 is 0 Å². The van der Waals surface area contributed by atoms with Gasteiger partial charge in [0.2, 0.25) is 0 Å². The fourth-order valence-corrected chi connectivity index (χ4v) is 3.33. The molecule has 0 saturated carbocycles. The molecule has 2 heterocycles. The maximum Gasteiger partial charge on any atom is 0.253 e. The summed E-state index contributed by atoms with van der Waals surface area (Å²) in [5, 5.41) is 4.10. The third kappa shape index (κ3) is 3.28. The minimum atomic E-state index is -0.212. The number of carbonyl (C=O) groups is 1. The summed E-state index contributed by atoms with van der Waals surface area (Å²) in [5.74, 6) is 0.819.